The van der Waals surface area contributed by atoms with Crippen LogP contribution in [0.25, 0.3) is 10.8 Å². The fourth-order valence-corrected chi connectivity index (χ4v) is 4.57. The maximum absolute atomic E-state index is 12.6. The first kappa shape index (κ1) is 23.3. The molecule has 9 heteroatoms. The van der Waals surface area contributed by atoms with Gasteiger partial charge in [0, 0.05) is 5.56 Å². The highest BCUT2D eigenvalue weighted by Gasteiger charge is 2.22. The van der Waals surface area contributed by atoms with E-state index in [0.717, 1.165) is 10.8 Å². The molecule has 4 rings (SSSR count). The Morgan fingerprint density at radius 2 is 1.68 bits per heavy atom. The molecule has 172 valence electrons. The monoisotopic (exact) mass is 494 g/mol. The minimum atomic E-state index is -4.11. The number of amides is 1. The quantitative estimate of drug-likeness (QED) is 0.221. The van der Waals surface area contributed by atoms with Crippen molar-refractivity contribution in [2.45, 2.75) is 4.90 Å². The number of fused-ring (bicyclic) bond motifs is 1. The zero-order valence-corrected chi connectivity index (χ0v) is 19.5. The van der Waals surface area contributed by atoms with Gasteiger partial charge in [0.05, 0.1) is 18.3 Å². The number of nitrogens with one attached hydrogen (secondary N) is 1. The van der Waals surface area contributed by atoms with E-state index >= 15 is 0 Å². The SMILES string of the molecule is COc1cc(/C=N\NC(=O)c2cccc3ccccc23)cc(Cl)c1OS(=O)(=O)c1ccccc1. The molecule has 4 aromatic rings. The third kappa shape index (κ3) is 5.03. The maximum Gasteiger partial charge on any atom is 0.339 e. The molecule has 1 N–H and O–H groups in total. The lowest BCUT2D eigenvalue weighted by Gasteiger charge is -2.13. The van der Waals surface area contributed by atoms with Crippen molar-refractivity contribution in [1.29, 1.82) is 0 Å². The van der Waals surface area contributed by atoms with Gasteiger partial charge in [-0.15, -0.1) is 0 Å². The second-order valence-corrected chi connectivity index (χ2v) is 9.06. The van der Waals surface area contributed by atoms with Crippen molar-refractivity contribution in [3.8, 4) is 11.5 Å². The van der Waals surface area contributed by atoms with Crippen LogP contribution in [0.1, 0.15) is 15.9 Å². The van der Waals surface area contributed by atoms with Crippen LogP contribution in [0.3, 0.4) is 0 Å². The third-order valence-corrected chi connectivity index (χ3v) is 6.41. The Bertz CT molecular complexity index is 1480. The Morgan fingerprint density at radius 3 is 2.44 bits per heavy atom. The van der Waals surface area contributed by atoms with Crippen LogP contribution in [0.4, 0.5) is 0 Å². The van der Waals surface area contributed by atoms with Crippen LogP contribution in [0.5, 0.6) is 11.5 Å². The van der Waals surface area contributed by atoms with Crippen molar-refractivity contribution in [3.63, 3.8) is 0 Å². The van der Waals surface area contributed by atoms with Gasteiger partial charge in [0.25, 0.3) is 5.91 Å². The van der Waals surface area contributed by atoms with Gasteiger partial charge in [-0.1, -0.05) is 66.2 Å². The molecular weight excluding hydrogens is 476 g/mol. The van der Waals surface area contributed by atoms with Crippen molar-refractivity contribution < 1.29 is 22.1 Å². The molecule has 0 aliphatic carbocycles. The lowest BCUT2D eigenvalue weighted by atomic mass is 10.0. The smallest absolute Gasteiger partial charge is 0.339 e. The van der Waals surface area contributed by atoms with E-state index in [9.17, 15) is 13.2 Å². The first-order chi connectivity index (χ1) is 16.4. The predicted molar refractivity (Wildman–Crippen MR) is 131 cm³/mol. The zero-order chi connectivity index (χ0) is 24.1. The van der Waals surface area contributed by atoms with E-state index in [2.05, 4.69) is 10.5 Å². The predicted octanol–water partition coefficient (Wildman–Crippen LogP) is 5.03. The van der Waals surface area contributed by atoms with Gasteiger partial charge in [0.1, 0.15) is 4.90 Å². The van der Waals surface area contributed by atoms with Crippen LogP contribution >= 0.6 is 11.6 Å². The van der Waals surface area contributed by atoms with E-state index in [1.54, 1.807) is 30.3 Å². The highest BCUT2D eigenvalue weighted by molar-refractivity contribution is 7.87. The normalized spacial score (nSPS) is 11.5. The highest BCUT2D eigenvalue weighted by atomic mass is 35.5. The molecule has 0 saturated heterocycles. The molecule has 0 aromatic heterocycles. The van der Waals surface area contributed by atoms with E-state index in [4.69, 9.17) is 20.5 Å². The topological polar surface area (TPSA) is 94.1 Å². The summed E-state index contributed by atoms with van der Waals surface area (Å²) in [6, 6.07) is 23.6. The summed E-state index contributed by atoms with van der Waals surface area (Å²) < 4.78 is 35.7. The molecule has 0 aliphatic heterocycles. The summed E-state index contributed by atoms with van der Waals surface area (Å²) in [7, 11) is -2.76. The largest absolute Gasteiger partial charge is 0.493 e. The van der Waals surface area contributed by atoms with E-state index in [1.807, 2.05) is 30.3 Å². The maximum atomic E-state index is 12.6. The number of hydrogen-bond acceptors (Lipinski definition) is 6. The average molecular weight is 495 g/mol. The Balaban J connectivity index is 1.54. The van der Waals surface area contributed by atoms with Crippen LogP contribution < -0.4 is 14.3 Å². The Morgan fingerprint density at radius 1 is 0.971 bits per heavy atom. The number of rotatable bonds is 7. The molecule has 0 unspecified atom stereocenters. The summed E-state index contributed by atoms with van der Waals surface area (Å²) in [4.78, 5) is 12.6. The van der Waals surface area contributed by atoms with Gasteiger partial charge < -0.3 is 8.92 Å². The lowest BCUT2D eigenvalue weighted by Crippen LogP contribution is -2.18. The zero-order valence-electron chi connectivity index (χ0n) is 17.9. The highest BCUT2D eigenvalue weighted by Crippen LogP contribution is 2.38. The van der Waals surface area contributed by atoms with Crippen LogP contribution in [-0.2, 0) is 10.1 Å². The van der Waals surface area contributed by atoms with E-state index in [-0.39, 0.29) is 27.3 Å². The van der Waals surface area contributed by atoms with Crippen molar-refractivity contribution in [2.75, 3.05) is 7.11 Å². The lowest BCUT2D eigenvalue weighted by molar-refractivity contribution is 0.0956. The van der Waals surface area contributed by atoms with Crippen molar-refractivity contribution in [3.05, 3.63) is 101 Å². The van der Waals surface area contributed by atoms with Gasteiger partial charge >= 0.3 is 10.1 Å². The summed E-state index contributed by atoms with van der Waals surface area (Å²) in [5.74, 6) is -0.432. The molecule has 0 fully saturated rings. The molecule has 0 bridgehead atoms. The van der Waals surface area contributed by atoms with Crippen molar-refractivity contribution in [2.24, 2.45) is 5.10 Å². The first-order valence-corrected chi connectivity index (χ1v) is 11.9. The summed E-state index contributed by atoms with van der Waals surface area (Å²) in [5.41, 5.74) is 3.44. The third-order valence-electron chi connectivity index (χ3n) is 4.89. The molecule has 0 aliphatic rings. The second kappa shape index (κ2) is 9.94. The molecule has 0 saturated carbocycles. The summed E-state index contributed by atoms with van der Waals surface area (Å²) in [5, 5.41) is 5.75. The van der Waals surface area contributed by atoms with Gasteiger partial charge in [0.2, 0.25) is 5.75 Å². The number of carbonyl (C=O) groups excluding carboxylic acids is 1. The average Bonchev–Trinajstić information content (AvgIpc) is 2.85. The summed E-state index contributed by atoms with van der Waals surface area (Å²) in [6.45, 7) is 0. The number of hydrogen-bond donors (Lipinski definition) is 1. The second-order valence-electron chi connectivity index (χ2n) is 7.11. The standard InChI is InChI=1S/C25H19ClN2O5S/c1-32-23-15-17(14-22(26)24(23)33-34(30,31)19-10-3-2-4-11-19)16-27-28-25(29)21-13-7-9-18-8-5-6-12-20(18)21/h2-16H,1H3,(H,28,29)/b27-16-. The van der Waals surface area contributed by atoms with Crippen LogP contribution in [0.15, 0.2) is 94.9 Å². The summed E-state index contributed by atoms with van der Waals surface area (Å²) >= 11 is 6.29. The van der Waals surface area contributed by atoms with E-state index in [0.29, 0.717) is 11.1 Å². The number of benzene rings is 4. The molecule has 0 heterocycles. The summed E-state index contributed by atoms with van der Waals surface area (Å²) in [6.07, 6.45) is 1.37. The number of ether oxygens (including phenoxy) is 1. The number of methoxy groups -OCH3 is 1. The van der Waals surface area contributed by atoms with Crippen LogP contribution in [0, 0.1) is 0 Å². The van der Waals surface area contributed by atoms with Gasteiger partial charge in [-0.25, -0.2) is 5.43 Å². The fraction of sp³-hybridized carbons (Fsp3) is 0.0400. The van der Waals surface area contributed by atoms with Gasteiger partial charge in [-0.05, 0) is 46.7 Å². The molecule has 34 heavy (non-hydrogen) atoms. The molecule has 0 spiro atoms. The van der Waals surface area contributed by atoms with Gasteiger partial charge in [-0.3, -0.25) is 4.79 Å². The van der Waals surface area contributed by atoms with Gasteiger partial charge in [-0.2, -0.15) is 13.5 Å². The van der Waals surface area contributed by atoms with Crippen LogP contribution in [-0.4, -0.2) is 27.6 Å². The van der Waals surface area contributed by atoms with Crippen LogP contribution in [0.2, 0.25) is 5.02 Å². The minimum absolute atomic E-state index is 0.000635. The Hall–Kier alpha value is -3.88. The van der Waals surface area contributed by atoms with E-state index < -0.39 is 10.1 Å². The molecule has 0 atom stereocenters. The Kier molecular flexibility index (Phi) is 6.81. The number of nitrogens with zero attached hydrogens (tertiary/aromatic N) is 1. The minimum Gasteiger partial charge on any atom is -0.493 e. The molecular formula is C25H19ClN2O5S. The fourth-order valence-electron chi connectivity index (χ4n) is 3.29. The Labute approximate surface area is 201 Å². The molecule has 4 aromatic carbocycles. The molecule has 1 amide bonds. The van der Waals surface area contributed by atoms with Gasteiger partial charge in [0.15, 0.2) is 5.75 Å². The molecule has 7 nitrogen and oxygen atoms in total. The number of hydrazone groups is 1. The molecule has 0 radical (unpaired) electrons. The number of halogens is 1. The van der Waals surface area contributed by atoms with Crippen molar-refractivity contribution in [1.82, 2.24) is 5.43 Å². The van der Waals surface area contributed by atoms with E-state index in [1.165, 1.54) is 37.6 Å². The number of carbonyl (C=O) groups is 1. The first-order valence-electron chi connectivity index (χ1n) is 10.1. The van der Waals surface area contributed by atoms with Crippen molar-refractivity contribution >= 4 is 44.6 Å².